The molecule has 1 aromatic carbocycles. The number of allylic oxidation sites excluding steroid dienone is 17. The first-order valence-corrected chi connectivity index (χ1v) is 16.7. The zero-order chi connectivity index (χ0) is 34.1. The number of esters is 1. The lowest BCUT2D eigenvalue weighted by Gasteiger charge is -2.32. The van der Waals surface area contributed by atoms with Crippen LogP contribution in [0.5, 0.6) is 0 Å². The third kappa shape index (κ3) is 14.2. The van der Waals surface area contributed by atoms with Gasteiger partial charge in [-0.3, -0.25) is 4.79 Å². The molecule has 5 heteroatoms. The second kappa shape index (κ2) is 19.2. The minimum Gasteiger partial charge on any atom is -0.461 e. The van der Waals surface area contributed by atoms with Gasteiger partial charge in [-0.2, -0.15) is 0 Å². The van der Waals surface area contributed by atoms with E-state index in [2.05, 4.69) is 100 Å². The second-order valence-electron chi connectivity index (χ2n) is 13.2. The van der Waals surface area contributed by atoms with Crippen molar-refractivity contribution in [3.63, 3.8) is 0 Å². The number of nitrogens with zero attached hydrogens (tertiary/aromatic N) is 3. The predicted molar refractivity (Wildman–Crippen MR) is 197 cm³/mol. The summed E-state index contributed by atoms with van der Waals surface area (Å²) in [5.41, 5.74) is 9.76. The normalized spacial score (nSPS) is 16.8. The van der Waals surface area contributed by atoms with Crippen LogP contribution in [0.4, 0.5) is 0 Å². The molecule has 1 heterocycles. The van der Waals surface area contributed by atoms with Gasteiger partial charge in [0.05, 0.1) is 18.7 Å². The first-order chi connectivity index (χ1) is 22.5. The molecule has 1 aromatic heterocycles. The van der Waals surface area contributed by atoms with Crippen molar-refractivity contribution in [3.8, 4) is 0 Å². The maximum absolute atomic E-state index is 12.2. The summed E-state index contributed by atoms with van der Waals surface area (Å²) in [6, 6.07) is 10.1. The van der Waals surface area contributed by atoms with Gasteiger partial charge in [-0.15, -0.1) is 5.10 Å². The molecule has 0 N–H and O–H groups in total. The van der Waals surface area contributed by atoms with Crippen LogP contribution in [-0.4, -0.2) is 27.6 Å². The molecule has 0 bridgehead atoms. The van der Waals surface area contributed by atoms with Gasteiger partial charge < -0.3 is 4.74 Å². The topological polar surface area (TPSA) is 57.0 Å². The molecule has 0 radical (unpaired) electrons. The Morgan fingerprint density at radius 2 is 1.53 bits per heavy atom. The van der Waals surface area contributed by atoms with E-state index in [1.54, 1.807) is 4.68 Å². The molecule has 0 fully saturated rings. The molecule has 47 heavy (non-hydrogen) atoms. The summed E-state index contributed by atoms with van der Waals surface area (Å²) in [4.78, 5) is 12.2. The molecule has 3 rings (SSSR count). The molecule has 0 atom stereocenters. The van der Waals surface area contributed by atoms with Gasteiger partial charge in [0.2, 0.25) is 0 Å². The Bertz CT molecular complexity index is 1600. The van der Waals surface area contributed by atoms with Crippen LogP contribution in [0.3, 0.4) is 0 Å². The van der Waals surface area contributed by atoms with E-state index in [-0.39, 0.29) is 24.4 Å². The minimum atomic E-state index is -0.242. The van der Waals surface area contributed by atoms with E-state index in [4.69, 9.17) is 4.74 Å². The Kier molecular flexibility index (Phi) is 15.1. The molecular formula is C42H53N3O2. The average molecular weight is 632 g/mol. The van der Waals surface area contributed by atoms with Crippen molar-refractivity contribution in [1.29, 1.82) is 0 Å². The Hall–Kier alpha value is -4.51. The molecule has 0 spiro atoms. The smallest absolute Gasteiger partial charge is 0.306 e. The molecule has 248 valence electrons. The first-order valence-electron chi connectivity index (χ1n) is 16.7. The van der Waals surface area contributed by atoms with Crippen molar-refractivity contribution >= 4 is 5.97 Å². The van der Waals surface area contributed by atoms with Crippen LogP contribution >= 0.6 is 0 Å². The number of hydrogen-bond acceptors (Lipinski definition) is 4. The van der Waals surface area contributed by atoms with Gasteiger partial charge >= 0.3 is 5.97 Å². The molecule has 1 aliphatic carbocycles. The van der Waals surface area contributed by atoms with Gasteiger partial charge in [0, 0.05) is 12.6 Å². The lowest BCUT2D eigenvalue weighted by atomic mass is 9.72. The fourth-order valence-corrected chi connectivity index (χ4v) is 5.37. The van der Waals surface area contributed by atoms with Crippen molar-refractivity contribution in [1.82, 2.24) is 15.0 Å². The third-order valence-electron chi connectivity index (χ3n) is 8.16. The van der Waals surface area contributed by atoms with Crippen LogP contribution in [0.25, 0.3) is 0 Å². The predicted octanol–water partition coefficient (Wildman–Crippen LogP) is 10.3. The Balaban J connectivity index is 1.36. The van der Waals surface area contributed by atoms with E-state index in [1.165, 1.54) is 41.6 Å². The van der Waals surface area contributed by atoms with Gasteiger partial charge in [-0.25, -0.2) is 4.68 Å². The summed E-state index contributed by atoms with van der Waals surface area (Å²) in [5.74, 6) is -0.242. The van der Waals surface area contributed by atoms with E-state index in [0.717, 1.165) is 22.4 Å². The highest BCUT2D eigenvalue weighted by Crippen LogP contribution is 2.40. The summed E-state index contributed by atoms with van der Waals surface area (Å²) in [7, 11) is 0. The number of ether oxygens (including phenoxy) is 1. The van der Waals surface area contributed by atoms with E-state index in [9.17, 15) is 4.79 Å². The van der Waals surface area contributed by atoms with E-state index in [1.807, 2.05) is 67.8 Å². The summed E-state index contributed by atoms with van der Waals surface area (Å²) in [5, 5.41) is 8.33. The molecule has 1 aliphatic rings. The zero-order valence-electron chi connectivity index (χ0n) is 29.5. The molecule has 0 saturated heterocycles. The van der Waals surface area contributed by atoms with Gasteiger partial charge in [0.25, 0.3) is 0 Å². The average Bonchev–Trinajstić information content (AvgIpc) is 3.48. The van der Waals surface area contributed by atoms with Crippen LogP contribution in [0.15, 0.2) is 143 Å². The molecule has 2 aromatic rings. The maximum atomic E-state index is 12.2. The summed E-state index contributed by atoms with van der Waals surface area (Å²) in [6.07, 6.45) is 31.7. The fraction of sp³-hybridized carbons (Fsp3) is 0.357. The van der Waals surface area contributed by atoms with Gasteiger partial charge in [0.15, 0.2) is 0 Å². The van der Waals surface area contributed by atoms with Crippen molar-refractivity contribution < 1.29 is 9.53 Å². The third-order valence-corrected chi connectivity index (χ3v) is 8.16. The monoisotopic (exact) mass is 631 g/mol. The number of aromatic nitrogens is 3. The van der Waals surface area contributed by atoms with Gasteiger partial charge in [-0.05, 0) is 76.0 Å². The van der Waals surface area contributed by atoms with Crippen LogP contribution in [0.2, 0.25) is 0 Å². The van der Waals surface area contributed by atoms with Crippen LogP contribution < -0.4 is 0 Å². The van der Waals surface area contributed by atoms with Crippen molar-refractivity contribution in [3.05, 3.63) is 154 Å². The number of hydrogen-bond donors (Lipinski definition) is 0. The number of carbonyl (C=O) groups excluding carboxylic acids is 1. The highest BCUT2D eigenvalue weighted by atomic mass is 16.5. The van der Waals surface area contributed by atoms with Crippen molar-refractivity contribution in [2.45, 2.75) is 87.1 Å². The Morgan fingerprint density at radius 3 is 2.21 bits per heavy atom. The van der Waals surface area contributed by atoms with Crippen molar-refractivity contribution in [2.75, 3.05) is 6.61 Å². The van der Waals surface area contributed by atoms with Crippen LogP contribution in [-0.2, 0) is 22.5 Å². The van der Waals surface area contributed by atoms with Gasteiger partial charge in [-0.1, -0.05) is 145 Å². The number of benzene rings is 1. The number of carbonyl (C=O) groups is 1. The van der Waals surface area contributed by atoms with Crippen molar-refractivity contribution in [2.24, 2.45) is 5.41 Å². The molecule has 0 saturated carbocycles. The lowest BCUT2D eigenvalue weighted by molar-refractivity contribution is -0.142. The summed E-state index contributed by atoms with van der Waals surface area (Å²) in [6.45, 7) is 16.2. The van der Waals surface area contributed by atoms with E-state index >= 15 is 0 Å². The van der Waals surface area contributed by atoms with Crippen LogP contribution in [0.1, 0.15) is 85.4 Å². The highest BCUT2D eigenvalue weighted by Gasteiger charge is 2.26. The summed E-state index contributed by atoms with van der Waals surface area (Å²) < 4.78 is 7.22. The number of rotatable bonds is 15. The molecule has 5 nitrogen and oxygen atoms in total. The first kappa shape index (κ1) is 37.0. The number of aryl methyl sites for hydroxylation is 1. The SMILES string of the molecule is CC1=C(/C=C/C(C)=C/C=C/C(C)=C/C=C/C=C(C)/C=C/C=C(\C)COC(=O)CCc2cn(Cc3ccccc3)nn2)C(C)(C)CCC1. The lowest BCUT2D eigenvalue weighted by Crippen LogP contribution is -2.19. The van der Waals surface area contributed by atoms with E-state index in [0.29, 0.717) is 13.0 Å². The summed E-state index contributed by atoms with van der Waals surface area (Å²) >= 11 is 0. The van der Waals surface area contributed by atoms with Crippen LogP contribution in [0, 0.1) is 5.41 Å². The van der Waals surface area contributed by atoms with E-state index < -0.39 is 0 Å². The molecule has 0 amide bonds. The Morgan fingerprint density at radius 1 is 0.894 bits per heavy atom. The molecule has 0 unspecified atom stereocenters. The Labute approximate surface area is 283 Å². The molecule has 0 aliphatic heterocycles. The highest BCUT2D eigenvalue weighted by molar-refractivity contribution is 5.69. The maximum Gasteiger partial charge on any atom is 0.306 e. The second-order valence-corrected chi connectivity index (χ2v) is 13.2. The van der Waals surface area contributed by atoms with Gasteiger partial charge in [0.1, 0.15) is 6.61 Å². The largest absolute Gasteiger partial charge is 0.461 e. The molecular weight excluding hydrogens is 578 g/mol. The minimum absolute atomic E-state index is 0.242. The quantitative estimate of drug-likeness (QED) is 0.145. The zero-order valence-corrected chi connectivity index (χ0v) is 29.5. The fourth-order valence-electron chi connectivity index (χ4n) is 5.37. The standard InChI is InChI=1S/C42H53N3O2/c1-33(18-13-20-35(3)25-27-40-37(5)22-15-29-42(40,6)7)16-11-12-17-34(2)19-14-21-36(4)32-47-41(46)28-26-39-31-45(44-43-39)30-38-23-9-8-10-24-38/h8-14,16-21,23-25,27,31H,15,22,26,28-30,32H2,1-7H3/b12-11+,18-13+,19-14+,27-25+,33-16+,34-17+,35-20+,36-21+.